The molecule has 16 heavy (non-hydrogen) atoms. The number of ether oxygens (including phenoxy) is 1. The third kappa shape index (κ3) is 1.55. The molecule has 1 aliphatic carbocycles. The lowest BCUT2D eigenvalue weighted by Gasteiger charge is -2.39. The number of rotatable bonds is 3. The van der Waals surface area contributed by atoms with E-state index in [4.69, 9.17) is 4.74 Å². The van der Waals surface area contributed by atoms with Gasteiger partial charge >= 0.3 is 5.97 Å². The average Bonchev–Trinajstić information content (AvgIpc) is 2.94. The van der Waals surface area contributed by atoms with Gasteiger partial charge in [-0.1, -0.05) is 6.92 Å². The average molecular weight is 227 g/mol. The first-order valence-corrected chi connectivity index (χ1v) is 6.17. The molecule has 2 atom stereocenters. The summed E-state index contributed by atoms with van der Waals surface area (Å²) in [5.41, 5.74) is -1.48. The second-order valence-corrected chi connectivity index (χ2v) is 5.08. The number of carbonyl (C=O) groups excluding carboxylic acids is 1. The first kappa shape index (κ1) is 11.9. The van der Waals surface area contributed by atoms with Crippen molar-refractivity contribution in [2.45, 2.75) is 38.7 Å². The van der Waals surface area contributed by atoms with Crippen LogP contribution in [0.4, 0.5) is 0 Å². The third-order valence-corrected chi connectivity index (χ3v) is 4.21. The topological polar surface area (TPSA) is 58.6 Å². The molecule has 2 unspecified atom stereocenters. The second-order valence-electron chi connectivity index (χ2n) is 5.08. The van der Waals surface area contributed by atoms with Gasteiger partial charge in [0.15, 0.2) is 0 Å². The van der Waals surface area contributed by atoms with Crippen molar-refractivity contribution in [3.8, 4) is 0 Å². The molecule has 2 N–H and O–H groups in total. The van der Waals surface area contributed by atoms with Gasteiger partial charge in [0, 0.05) is 0 Å². The summed E-state index contributed by atoms with van der Waals surface area (Å²) in [6.45, 7) is 5.79. The summed E-state index contributed by atoms with van der Waals surface area (Å²) in [6, 6.07) is 0. The fourth-order valence-corrected chi connectivity index (χ4v) is 3.09. The van der Waals surface area contributed by atoms with Gasteiger partial charge in [0.2, 0.25) is 0 Å². The van der Waals surface area contributed by atoms with E-state index in [2.05, 4.69) is 5.32 Å². The lowest BCUT2D eigenvalue weighted by molar-refractivity contribution is -0.166. The van der Waals surface area contributed by atoms with Gasteiger partial charge in [0.25, 0.3) is 0 Å². The smallest absolute Gasteiger partial charge is 0.315 e. The van der Waals surface area contributed by atoms with Crippen molar-refractivity contribution < 1.29 is 14.6 Å². The van der Waals surface area contributed by atoms with Crippen LogP contribution in [0.3, 0.4) is 0 Å². The van der Waals surface area contributed by atoms with Gasteiger partial charge in [-0.15, -0.1) is 0 Å². The molecule has 1 aliphatic heterocycles. The molecule has 0 aromatic rings. The van der Waals surface area contributed by atoms with Crippen molar-refractivity contribution in [1.29, 1.82) is 0 Å². The van der Waals surface area contributed by atoms with E-state index in [0.29, 0.717) is 19.4 Å². The van der Waals surface area contributed by atoms with E-state index in [1.807, 2.05) is 13.8 Å². The lowest BCUT2D eigenvalue weighted by Crippen LogP contribution is -2.52. The molecular formula is C12H21NO3. The van der Waals surface area contributed by atoms with Gasteiger partial charge < -0.3 is 15.2 Å². The molecule has 1 saturated carbocycles. The Labute approximate surface area is 96.4 Å². The van der Waals surface area contributed by atoms with E-state index in [0.717, 1.165) is 19.5 Å². The van der Waals surface area contributed by atoms with Crippen LogP contribution in [0.2, 0.25) is 0 Å². The summed E-state index contributed by atoms with van der Waals surface area (Å²) in [6.07, 6.45) is 2.06. The molecule has 0 aromatic heterocycles. The maximum absolute atomic E-state index is 12.0. The molecule has 92 valence electrons. The highest BCUT2D eigenvalue weighted by Gasteiger charge is 2.69. The predicted molar refractivity (Wildman–Crippen MR) is 59.9 cm³/mol. The number of piperidine rings is 1. The highest BCUT2D eigenvalue weighted by molar-refractivity contribution is 5.82. The summed E-state index contributed by atoms with van der Waals surface area (Å²) < 4.78 is 5.14. The van der Waals surface area contributed by atoms with Crippen LogP contribution < -0.4 is 5.32 Å². The van der Waals surface area contributed by atoms with E-state index in [-0.39, 0.29) is 11.9 Å². The number of carbonyl (C=O) groups is 1. The Kier molecular flexibility index (Phi) is 2.97. The van der Waals surface area contributed by atoms with Crippen molar-refractivity contribution in [2.24, 2.45) is 11.3 Å². The van der Waals surface area contributed by atoms with E-state index >= 15 is 0 Å². The standard InChI is InChI=1S/C12H21NO3/c1-3-16-10(14)12(8-9(12)2)11(15)4-6-13-7-5-11/h9,13,15H,3-8H2,1-2H3. The molecular weight excluding hydrogens is 206 g/mol. The van der Waals surface area contributed by atoms with Crippen molar-refractivity contribution in [1.82, 2.24) is 5.32 Å². The van der Waals surface area contributed by atoms with Crippen LogP contribution in [0, 0.1) is 11.3 Å². The van der Waals surface area contributed by atoms with Gasteiger partial charge in [-0.3, -0.25) is 4.79 Å². The molecule has 2 fully saturated rings. The van der Waals surface area contributed by atoms with Crippen LogP contribution in [-0.4, -0.2) is 36.4 Å². The molecule has 0 amide bonds. The lowest BCUT2D eigenvalue weighted by atomic mass is 9.76. The molecule has 4 nitrogen and oxygen atoms in total. The minimum atomic E-state index is -0.857. The molecule has 0 aromatic carbocycles. The molecule has 1 heterocycles. The quantitative estimate of drug-likeness (QED) is 0.696. The zero-order chi connectivity index (χ0) is 11.8. The maximum atomic E-state index is 12.0. The second kappa shape index (κ2) is 4.00. The van der Waals surface area contributed by atoms with Crippen molar-refractivity contribution >= 4 is 5.97 Å². The fraction of sp³-hybridized carbons (Fsp3) is 0.917. The van der Waals surface area contributed by atoms with Crippen LogP contribution >= 0.6 is 0 Å². The highest BCUT2D eigenvalue weighted by atomic mass is 16.5. The fourth-order valence-electron chi connectivity index (χ4n) is 3.09. The molecule has 0 bridgehead atoms. The van der Waals surface area contributed by atoms with Crippen molar-refractivity contribution in [3.05, 3.63) is 0 Å². The van der Waals surface area contributed by atoms with Gasteiger partial charge in [0.1, 0.15) is 0 Å². The molecule has 2 rings (SSSR count). The van der Waals surface area contributed by atoms with Gasteiger partial charge in [-0.05, 0) is 45.2 Å². The summed E-state index contributed by atoms with van der Waals surface area (Å²) >= 11 is 0. The number of esters is 1. The number of nitrogens with one attached hydrogen (secondary N) is 1. The number of aliphatic hydroxyl groups is 1. The summed E-state index contributed by atoms with van der Waals surface area (Å²) in [7, 11) is 0. The Balaban J connectivity index is 2.18. The molecule has 1 saturated heterocycles. The van der Waals surface area contributed by atoms with Crippen LogP contribution in [0.1, 0.15) is 33.1 Å². The monoisotopic (exact) mass is 227 g/mol. The first-order chi connectivity index (χ1) is 7.57. The van der Waals surface area contributed by atoms with Crippen LogP contribution in [0.15, 0.2) is 0 Å². The Bertz CT molecular complexity index is 286. The largest absolute Gasteiger partial charge is 0.465 e. The first-order valence-electron chi connectivity index (χ1n) is 6.17. The normalized spacial score (nSPS) is 36.8. The van der Waals surface area contributed by atoms with E-state index < -0.39 is 11.0 Å². The third-order valence-electron chi connectivity index (χ3n) is 4.21. The van der Waals surface area contributed by atoms with Gasteiger partial charge in [-0.25, -0.2) is 0 Å². The van der Waals surface area contributed by atoms with Crippen LogP contribution in [0.25, 0.3) is 0 Å². The van der Waals surface area contributed by atoms with Crippen LogP contribution in [0.5, 0.6) is 0 Å². The molecule has 0 spiro atoms. The minimum Gasteiger partial charge on any atom is -0.465 e. The number of hydrogen-bond donors (Lipinski definition) is 2. The van der Waals surface area contributed by atoms with E-state index in [9.17, 15) is 9.90 Å². The van der Waals surface area contributed by atoms with Gasteiger partial charge in [-0.2, -0.15) is 0 Å². The predicted octanol–water partition coefficient (Wildman–Crippen LogP) is 0.690. The molecule has 4 heteroatoms. The van der Waals surface area contributed by atoms with E-state index in [1.165, 1.54) is 0 Å². The summed E-state index contributed by atoms with van der Waals surface area (Å²) in [5.74, 6) is 0.0431. The van der Waals surface area contributed by atoms with E-state index in [1.54, 1.807) is 0 Å². The Morgan fingerprint density at radius 2 is 2.06 bits per heavy atom. The summed E-state index contributed by atoms with van der Waals surface area (Å²) in [5, 5.41) is 13.9. The van der Waals surface area contributed by atoms with Gasteiger partial charge in [0.05, 0.1) is 17.6 Å². The maximum Gasteiger partial charge on any atom is 0.315 e. The zero-order valence-corrected chi connectivity index (χ0v) is 10.1. The minimum absolute atomic E-state index is 0.202. The molecule has 0 radical (unpaired) electrons. The number of hydrogen-bond acceptors (Lipinski definition) is 4. The molecule has 2 aliphatic rings. The zero-order valence-electron chi connectivity index (χ0n) is 10.1. The SMILES string of the molecule is CCOC(=O)C1(C2(O)CCNCC2)CC1C. The van der Waals surface area contributed by atoms with Crippen molar-refractivity contribution in [2.75, 3.05) is 19.7 Å². The Hall–Kier alpha value is -0.610. The summed E-state index contributed by atoms with van der Waals surface area (Å²) in [4.78, 5) is 12.0. The van der Waals surface area contributed by atoms with Crippen molar-refractivity contribution in [3.63, 3.8) is 0 Å². The Morgan fingerprint density at radius 3 is 2.50 bits per heavy atom. The highest BCUT2D eigenvalue weighted by Crippen LogP contribution is 2.62. The van der Waals surface area contributed by atoms with Crippen LogP contribution in [-0.2, 0) is 9.53 Å². The Morgan fingerprint density at radius 1 is 1.50 bits per heavy atom.